The number of amidine groups is 1. The minimum Gasteiger partial charge on any atom is -0.494 e. The lowest BCUT2D eigenvalue weighted by molar-refractivity contribution is -0.128. The summed E-state index contributed by atoms with van der Waals surface area (Å²) in [4.78, 5) is 31.1. The Morgan fingerprint density at radius 1 is 1.17 bits per heavy atom. The van der Waals surface area contributed by atoms with Crippen LogP contribution in [0.1, 0.15) is 20.3 Å². The Hall–Kier alpha value is -2.87. The van der Waals surface area contributed by atoms with Crippen molar-refractivity contribution in [3.05, 3.63) is 54.3 Å². The molecule has 1 saturated heterocycles. The third kappa shape index (κ3) is 5.35. The second kappa shape index (κ2) is 9.56. The van der Waals surface area contributed by atoms with E-state index in [1.165, 1.54) is 23.9 Å². The number of nitrogens with zero attached hydrogens (tertiary/aromatic N) is 2. The van der Waals surface area contributed by atoms with Crippen molar-refractivity contribution in [3.8, 4) is 5.75 Å². The highest BCUT2D eigenvalue weighted by atomic mass is 32.2. The number of hydrogen-bond acceptors (Lipinski definition) is 5. The van der Waals surface area contributed by atoms with Crippen LogP contribution in [0, 0.1) is 5.82 Å². The molecule has 0 aliphatic carbocycles. The van der Waals surface area contributed by atoms with Gasteiger partial charge in [0.2, 0.25) is 11.8 Å². The predicted octanol–water partition coefficient (Wildman–Crippen LogP) is 4.20. The molecule has 2 aromatic rings. The van der Waals surface area contributed by atoms with E-state index in [1.807, 2.05) is 13.8 Å². The minimum absolute atomic E-state index is 0.0374. The molecular formula is C21H22FN3O3S. The fourth-order valence-electron chi connectivity index (χ4n) is 2.82. The van der Waals surface area contributed by atoms with Crippen molar-refractivity contribution in [1.29, 1.82) is 0 Å². The SMILES string of the molecule is CCOc1ccc(NC(=O)CC2SC(=Nc3ccc(F)cc3)N(CC)C2=O)cc1. The lowest BCUT2D eigenvalue weighted by Gasteiger charge is -2.13. The maximum absolute atomic E-state index is 13.1. The molecule has 1 aliphatic heterocycles. The number of aliphatic imine (C=N–C) groups is 1. The number of hydrogen-bond donors (Lipinski definition) is 1. The summed E-state index contributed by atoms with van der Waals surface area (Å²) in [6.07, 6.45) is 0.0374. The van der Waals surface area contributed by atoms with Gasteiger partial charge >= 0.3 is 0 Å². The molecule has 2 aromatic carbocycles. The summed E-state index contributed by atoms with van der Waals surface area (Å²) in [7, 11) is 0. The summed E-state index contributed by atoms with van der Waals surface area (Å²) in [6.45, 7) is 4.77. The van der Waals surface area contributed by atoms with Gasteiger partial charge in [0.25, 0.3) is 0 Å². The Morgan fingerprint density at radius 2 is 1.86 bits per heavy atom. The summed E-state index contributed by atoms with van der Waals surface area (Å²) >= 11 is 1.25. The highest BCUT2D eigenvalue weighted by Crippen LogP contribution is 2.31. The molecule has 0 radical (unpaired) electrons. The van der Waals surface area contributed by atoms with Crippen molar-refractivity contribution in [2.75, 3.05) is 18.5 Å². The zero-order chi connectivity index (χ0) is 20.8. The lowest BCUT2D eigenvalue weighted by atomic mass is 10.2. The van der Waals surface area contributed by atoms with Crippen molar-refractivity contribution in [3.63, 3.8) is 0 Å². The van der Waals surface area contributed by atoms with Crippen LogP contribution in [0.25, 0.3) is 0 Å². The molecule has 152 valence electrons. The molecule has 0 spiro atoms. The Bertz CT molecular complexity index is 900. The molecule has 3 rings (SSSR count). The first-order valence-corrected chi connectivity index (χ1v) is 10.2. The van der Waals surface area contributed by atoms with Gasteiger partial charge in [0.05, 0.1) is 12.3 Å². The number of carbonyl (C=O) groups excluding carboxylic acids is 2. The quantitative estimate of drug-likeness (QED) is 0.736. The molecule has 1 heterocycles. The van der Waals surface area contributed by atoms with E-state index < -0.39 is 5.25 Å². The number of carbonyl (C=O) groups is 2. The van der Waals surface area contributed by atoms with Crippen LogP contribution < -0.4 is 10.1 Å². The van der Waals surface area contributed by atoms with E-state index in [-0.39, 0.29) is 24.1 Å². The van der Waals surface area contributed by atoms with Crippen molar-refractivity contribution in [2.45, 2.75) is 25.5 Å². The number of halogens is 1. The Kier molecular flexibility index (Phi) is 6.87. The fraction of sp³-hybridized carbons (Fsp3) is 0.286. The molecule has 1 unspecified atom stereocenters. The molecule has 29 heavy (non-hydrogen) atoms. The first-order chi connectivity index (χ1) is 14.0. The number of nitrogens with one attached hydrogen (secondary N) is 1. The first kappa shape index (κ1) is 20.9. The molecule has 0 aromatic heterocycles. The highest BCUT2D eigenvalue weighted by Gasteiger charge is 2.38. The minimum atomic E-state index is -0.545. The third-order valence-electron chi connectivity index (χ3n) is 4.21. The van der Waals surface area contributed by atoms with Gasteiger partial charge in [-0.25, -0.2) is 9.38 Å². The molecule has 1 atom stereocenters. The Morgan fingerprint density at radius 3 is 2.48 bits per heavy atom. The topological polar surface area (TPSA) is 71.0 Å². The van der Waals surface area contributed by atoms with Gasteiger partial charge in [-0.2, -0.15) is 0 Å². The van der Waals surface area contributed by atoms with Crippen LogP contribution in [0.2, 0.25) is 0 Å². The van der Waals surface area contributed by atoms with Crippen LogP contribution in [0.15, 0.2) is 53.5 Å². The van der Waals surface area contributed by atoms with Gasteiger partial charge in [0, 0.05) is 18.7 Å². The Balaban J connectivity index is 1.65. The summed E-state index contributed by atoms with van der Waals surface area (Å²) in [5.74, 6) is -0.0214. The van der Waals surface area contributed by atoms with Gasteiger partial charge in [-0.15, -0.1) is 0 Å². The van der Waals surface area contributed by atoms with E-state index in [2.05, 4.69) is 10.3 Å². The van der Waals surface area contributed by atoms with Gasteiger partial charge < -0.3 is 10.1 Å². The van der Waals surface area contributed by atoms with Crippen LogP contribution in [0.5, 0.6) is 5.75 Å². The van der Waals surface area contributed by atoms with Crippen LogP contribution in [-0.2, 0) is 9.59 Å². The summed E-state index contributed by atoms with van der Waals surface area (Å²) in [5, 5.41) is 2.77. The molecule has 1 fully saturated rings. The van der Waals surface area contributed by atoms with E-state index in [1.54, 1.807) is 41.3 Å². The molecule has 6 nitrogen and oxygen atoms in total. The zero-order valence-corrected chi connectivity index (χ0v) is 17.0. The molecule has 0 saturated carbocycles. The van der Waals surface area contributed by atoms with Crippen molar-refractivity contribution in [1.82, 2.24) is 4.90 Å². The van der Waals surface area contributed by atoms with E-state index in [9.17, 15) is 14.0 Å². The monoisotopic (exact) mass is 415 g/mol. The Labute approximate surface area is 173 Å². The van der Waals surface area contributed by atoms with Crippen LogP contribution >= 0.6 is 11.8 Å². The maximum Gasteiger partial charge on any atom is 0.242 e. The molecule has 2 amide bonds. The molecule has 8 heteroatoms. The second-order valence-electron chi connectivity index (χ2n) is 6.27. The van der Waals surface area contributed by atoms with E-state index in [4.69, 9.17) is 4.74 Å². The number of anilines is 1. The number of rotatable bonds is 7. The lowest BCUT2D eigenvalue weighted by Crippen LogP contribution is -2.33. The van der Waals surface area contributed by atoms with Crippen LogP contribution in [0.3, 0.4) is 0 Å². The zero-order valence-electron chi connectivity index (χ0n) is 16.2. The average molecular weight is 415 g/mol. The van der Waals surface area contributed by atoms with Gasteiger partial charge in [-0.1, -0.05) is 11.8 Å². The number of amides is 2. The molecule has 1 N–H and O–H groups in total. The molecule has 0 bridgehead atoms. The van der Waals surface area contributed by atoms with Crippen molar-refractivity contribution < 1.29 is 18.7 Å². The van der Waals surface area contributed by atoms with Gasteiger partial charge in [-0.05, 0) is 62.4 Å². The molecule has 1 aliphatic rings. The summed E-state index contributed by atoms with van der Waals surface area (Å²) in [5.41, 5.74) is 1.20. The van der Waals surface area contributed by atoms with Crippen LogP contribution in [0.4, 0.5) is 15.8 Å². The normalized spacial score (nSPS) is 17.6. The number of ether oxygens (including phenoxy) is 1. The van der Waals surface area contributed by atoms with Crippen molar-refractivity contribution in [2.24, 2.45) is 4.99 Å². The van der Waals surface area contributed by atoms with Gasteiger partial charge in [-0.3, -0.25) is 14.5 Å². The third-order valence-corrected chi connectivity index (χ3v) is 5.38. The van der Waals surface area contributed by atoms with E-state index >= 15 is 0 Å². The van der Waals surface area contributed by atoms with E-state index in [0.29, 0.717) is 29.7 Å². The van der Waals surface area contributed by atoms with Gasteiger partial charge in [0.1, 0.15) is 16.8 Å². The molecular weight excluding hydrogens is 393 g/mol. The average Bonchev–Trinajstić information content (AvgIpc) is 2.99. The largest absolute Gasteiger partial charge is 0.494 e. The smallest absolute Gasteiger partial charge is 0.242 e. The second-order valence-corrected chi connectivity index (χ2v) is 7.44. The fourth-order valence-corrected chi connectivity index (χ4v) is 4.05. The van der Waals surface area contributed by atoms with Gasteiger partial charge in [0.15, 0.2) is 5.17 Å². The summed E-state index contributed by atoms with van der Waals surface area (Å²) in [6, 6.07) is 12.8. The summed E-state index contributed by atoms with van der Waals surface area (Å²) < 4.78 is 18.5. The number of thioether (sulfide) groups is 1. The van der Waals surface area contributed by atoms with E-state index in [0.717, 1.165) is 5.75 Å². The predicted molar refractivity (Wildman–Crippen MR) is 113 cm³/mol. The highest BCUT2D eigenvalue weighted by molar-refractivity contribution is 8.15. The van der Waals surface area contributed by atoms with Crippen LogP contribution in [-0.4, -0.2) is 40.3 Å². The van der Waals surface area contributed by atoms with Crippen molar-refractivity contribution >= 4 is 40.1 Å². The maximum atomic E-state index is 13.1. The standard InChI is InChI=1S/C21H22FN3O3S/c1-3-25-20(27)18(29-21(25)24-16-7-5-14(22)6-8-16)13-19(26)23-15-9-11-17(12-10-15)28-4-2/h5-12,18H,3-4,13H2,1-2H3,(H,23,26). The first-order valence-electron chi connectivity index (χ1n) is 9.35. The number of benzene rings is 2.